The molecule has 0 aliphatic rings. The molecule has 0 amide bonds. The molecule has 0 unspecified atom stereocenters. The first-order valence-corrected chi connectivity index (χ1v) is 16.6. The van der Waals surface area contributed by atoms with Gasteiger partial charge < -0.3 is 4.57 Å². The molecule has 0 fully saturated rings. The summed E-state index contributed by atoms with van der Waals surface area (Å²) in [7, 11) is 0. The number of benzene rings is 7. The molecule has 9 aromatic rings. The molecule has 2 aromatic heterocycles. The van der Waals surface area contributed by atoms with E-state index in [1.807, 2.05) is 16.8 Å². The molecule has 2 heterocycles. The van der Waals surface area contributed by atoms with Crippen LogP contribution < -0.4 is 4.68 Å². The Hall–Kier alpha value is -6.58. The van der Waals surface area contributed by atoms with Crippen LogP contribution in [0.15, 0.2) is 194 Å². The van der Waals surface area contributed by atoms with Crippen molar-refractivity contribution in [1.29, 1.82) is 0 Å². The van der Waals surface area contributed by atoms with E-state index in [1.54, 1.807) is 0 Å². The van der Waals surface area contributed by atoms with Gasteiger partial charge in [-0.15, -0.1) is 0 Å². The van der Waals surface area contributed by atoms with E-state index < -0.39 is 0 Å². The molecule has 49 heavy (non-hydrogen) atoms. The third kappa shape index (κ3) is 5.38. The number of nitrogens with zero attached hydrogens (tertiary/aromatic N) is 3. The summed E-state index contributed by atoms with van der Waals surface area (Å²) in [6.45, 7) is 0. The Kier molecular flexibility index (Phi) is 7.14. The Morgan fingerprint density at radius 1 is 0.367 bits per heavy atom. The second-order valence-electron chi connectivity index (χ2n) is 12.3. The van der Waals surface area contributed by atoms with Gasteiger partial charge in [-0.05, 0) is 58.1 Å². The summed E-state index contributed by atoms with van der Waals surface area (Å²) in [6.07, 6.45) is 2.12. The lowest BCUT2D eigenvalue weighted by Crippen LogP contribution is -2.35. The first kappa shape index (κ1) is 28.6. The van der Waals surface area contributed by atoms with Gasteiger partial charge in [0.2, 0.25) is 11.9 Å². The molecular weight excluding hydrogens is 595 g/mol. The van der Waals surface area contributed by atoms with Crippen molar-refractivity contribution in [3.63, 3.8) is 0 Å². The van der Waals surface area contributed by atoms with Gasteiger partial charge in [-0.3, -0.25) is 0 Å². The van der Waals surface area contributed by atoms with Crippen LogP contribution in [0.1, 0.15) is 0 Å². The van der Waals surface area contributed by atoms with Gasteiger partial charge in [0.1, 0.15) is 5.69 Å². The summed E-state index contributed by atoms with van der Waals surface area (Å²) < 4.78 is 4.36. The van der Waals surface area contributed by atoms with Crippen molar-refractivity contribution in [1.82, 2.24) is 9.67 Å². The highest BCUT2D eigenvalue weighted by Gasteiger charge is 2.17. The van der Waals surface area contributed by atoms with Crippen LogP contribution in [0.25, 0.3) is 77.8 Å². The molecule has 0 aliphatic carbocycles. The number of aromatic nitrogens is 3. The van der Waals surface area contributed by atoms with Crippen molar-refractivity contribution in [2.24, 2.45) is 0 Å². The van der Waals surface area contributed by atoms with Gasteiger partial charge in [0.05, 0.1) is 16.6 Å². The van der Waals surface area contributed by atoms with E-state index in [-0.39, 0.29) is 0 Å². The van der Waals surface area contributed by atoms with Gasteiger partial charge in [-0.1, -0.05) is 150 Å². The topological polar surface area (TPSA) is 21.7 Å². The summed E-state index contributed by atoms with van der Waals surface area (Å²) in [5, 5.41) is 7.61. The van der Waals surface area contributed by atoms with E-state index in [0.717, 1.165) is 44.9 Å². The molecule has 0 bridgehead atoms. The van der Waals surface area contributed by atoms with Crippen LogP contribution in [0, 0.1) is 0 Å². The Bertz CT molecular complexity index is 2460. The second-order valence-corrected chi connectivity index (χ2v) is 12.3. The predicted molar refractivity (Wildman–Crippen MR) is 202 cm³/mol. The average molecular weight is 627 g/mol. The number of hydrogen-bond acceptors (Lipinski definition) is 1. The zero-order chi connectivity index (χ0) is 32.6. The highest BCUT2D eigenvalue weighted by Crippen LogP contribution is 2.33. The van der Waals surface area contributed by atoms with Gasteiger partial charge in [0.25, 0.3) is 0 Å². The summed E-state index contributed by atoms with van der Waals surface area (Å²) >= 11 is 0. The molecule has 9 rings (SSSR count). The quantitative estimate of drug-likeness (QED) is 0.168. The molecule has 0 N–H and O–H groups in total. The summed E-state index contributed by atoms with van der Waals surface area (Å²) in [4.78, 5) is 0. The van der Waals surface area contributed by atoms with Crippen LogP contribution in [0.3, 0.4) is 0 Å². The molecule has 0 spiro atoms. The van der Waals surface area contributed by atoms with Gasteiger partial charge >= 0.3 is 0 Å². The Morgan fingerprint density at radius 3 is 1.49 bits per heavy atom. The molecule has 0 atom stereocenters. The van der Waals surface area contributed by atoms with Crippen LogP contribution in [0.4, 0.5) is 0 Å². The smallest absolute Gasteiger partial charge is 0.238 e. The summed E-state index contributed by atoms with van der Waals surface area (Å²) in [6, 6.07) is 66.7. The lowest BCUT2D eigenvalue weighted by atomic mass is 10.00. The molecule has 0 saturated heterocycles. The van der Waals surface area contributed by atoms with Crippen molar-refractivity contribution >= 4 is 21.8 Å². The highest BCUT2D eigenvalue weighted by atomic mass is 15.3. The van der Waals surface area contributed by atoms with Crippen molar-refractivity contribution in [2.75, 3.05) is 0 Å². The normalized spacial score (nSPS) is 11.3. The summed E-state index contributed by atoms with van der Waals surface area (Å²) in [5.41, 5.74) is 13.6. The zero-order valence-corrected chi connectivity index (χ0v) is 26.8. The minimum absolute atomic E-state index is 0.931. The maximum absolute atomic E-state index is 5.06. The molecular formula is C46H32N3+. The Balaban J connectivity index is 1.03. The fraction of sp³-hybridized carbons (Fsp3) is 0. The zero-order valence-electron chi connectivity index (χ0n) is 26.8. The van der Waals surface area contributed by atoms with E-state index >= 15 is 0 Å². The fourth-order valence-corrected chi connectivity index (χ4v) is 6.85. The third-order valence-electron chi connectivity index (χ3n) is 9.31. The van der Waals surface area contributed by atoms with Crippen molar-refractivity contribution in [3.8, 4) is 56.0 Å². The predicted octanol–water partition coefficient (Wildman–Crippen LogP) is 11.1. The van der Waals surface area contributed by atoms with Crippen LogP contribution >= 0.6 is 0 Å². The standard InChI is InChI=1S/C46H32N3/c1-3-12-33(13-4-1)39-31-44(37-14-5-2-6-15-37)47-48(32-39)41-17-11-16-38(30-41)36-24-22-34(23-25-36)35-26-28-40(29-27-35)49-45-20-9-7-18-42(45)43-19-8-10-21-46(43)49/h1-32H/q+1. The number of fused-ring (bicyclic) bond motifs is 3. The lowest BCUT2D eigenvalue weighted by Gasteiger charge is -2.10. The SMILES string of the molecule is c1ccc(-c2cc(-c3ccccc3)n[n+](-c3cccc(-c4ccc(-c5ccc(-n6c7ccccc7c7ccccc76)cc5)cc4)c3)c2)cc1. The Labute approximate surface area is 285 Å². The van der Waals surface area contributed by atoms with Gasteiger partial charge in [-0.25, -0.2) is 0 Å². The first-order chi connectivity index (χ1) is 24.3. The van der Waals surface area contributed by atoms with E-state index in [1.165, 1.54) is 32.9 Å². The minimum atomic E-state index is 0.931. The van der Waals surface area contributed by atoms with Crippen molar-refractivity contribution in [3.05, 3.63) is 194 Å². The molecule has 0 radical (unpaired) electrons. The average Bonchev–Trinajstić information content (AvgIpc) is 3.53. The van der Waals surface area contributed by atoms with Gasteiger partial charge in [-0.2, -0.15) is 0 Å². The third-order valence-corrected chi connectivity index (χ3v) is 9.31. The maximum Gasteiger partial charge on any atom is 0.238 e. The van der Waals surface area contributed by atoms with E-state index in [2.05, 4.69) is 187 Å². The summed E-state index contributed by atoms with van der Waals surface area (Å²) in [5.74, 6) is 0. The van der Waals surface area contributed by atoms with Crippen molar-refractivity contribution < 1.29 is 4.68 Å². The van der Waals surface area contributed by atoms with E-state index in [0.29, 0.717) is 0 Å². The number of rotatable bonds is 6. The second kappa shape index (κ2) is 12.2. The monoisotopic (exact) mass is 626 g/mol. The van der Waals surface area contributed by atoms with E-state index in [4.69, 9.17) is 5.10 Å². The fourth-order valence-electron chi connectivity index (χ4n) is 6.85. The first-order valence-electron chi connectivity index (χ1n) is 16.6. The van der Waals surface area contributed by atoms with Gasteiger partial charge in [0, 0.05) is 39.3 Å². The molecule has 0 saturated carbocycles. The van der Waals surface area contributed by atoms with Crippen LogP contribution in [0.5, 0.6) is 0 Å². The number of hydrogen-bond donors (Lipinski definition) is 0. The van der Waals surface area contributed by atoms with Gasteiger partial charge in [0.15, 0.2) is 0 Å². The lowest BCUT2D eigenvalue weighted by molar-refractivity contribution is -0.658. The van der Waals surface area contributed by atoms with Crippen LogP contribution in [-0.2, 0) is 0 Å². The maximum atomic E-state index is 5.06. The molecule has 3 nitrogen and oxygen atoms in total. The van der Waals surface area contributed by atoms with Crippen molar-refractivity contribution in [2.45, 2.75) is 0 Å². The number of para-hydroxylation sites is 2. The minimum Gasteiger partial charge on any atom is -0.309 e. The molecule has 7 aromatic carbocycles. The molecule has 0 aliphatic heterocycles. The Morgan fingerprint density at radius 2 is 0.857 bits per heavy atom. The van der Waals surface area contributed by atoms with Crippen LogP contribution in [-0.4, -0.2) is 9.67 Å². The molecule has 230 valence electrons. The molecule has 3 heteroatoms. The highest BCUT2D eigenvalue weighted by molar-refractivity contribution is 6.09. The van der Waals surface area contributed by atoms with E-state index in [9.17, 15) is 0 Å². The van der Waals surface area contributed by atoms with Crippen LogP contribution in [0.2, 0.25) is 0 Å². The largest absolute Gasteiger partial charge is 0.309 e.